The van der Waals surface area contributed by atoms with Crippen LogP contribution in [-0.2, 0) is 6.54 Å². The molecule has 0 saturated carbocycles. The fourth-order valence-corrected chi connectivity index (χ4v) is 2.75. The molecule has 3 aromatic rings. The van der Waals surface area contributed by atoms with Gasteiger partial charge < -0.3 is 5.32 Å². The van der Waals surface area contributed by atoms with E-state index < -0.39 is 0 Å². The molecule has 0 fully saturated rings. The van der Waals surface area contributed by atoms with E-state index in [0.717, 1.165) is 5.56 Å². The Balaban J connectivity index is 1.78. The van der Waals surface area contributed by atoms with Crippen molar-refractivity contribution in [1.29, 1.82) is 0 Å². The maximum atomic E-state index is 11.8. The summed E-state index contributed by atoms with van der Waals surface area (Å²) < 4.78 is 1.70. The molecule has 1 aromatic carbocycles. The third kappa shape index (κ3) is 2.47. The van der Waals surface area contributed by atoms with Crippen molar-refractivity contribution >= 4 is 17.5 Å². The Kier molecular flexibility index (Phi) is 3.31. The largest absolute Gasteiger partial charge is 0.349 e. The minimum Gasteiger partial charge on any atom is -0.349 e. The van der Waals surface area contributed by atoms with Crippen LogP contribution < -0.4 is 5.32 Å². The molecule has 4 rings (SSSR count). The third-order valence-electron chi connectivity index (χ3n) is 3.65. The van der Waals surface area contributed by atoms with Crippen molar-refractivity contribution in [2.75, 3.05) is 6.54 Å². The fourth-order valence-electron chi connectivity index (χ4n) is 2.53. The fraction of sp³-hybridized carbons (Fsp3) is 0.125. The van der Waals surface area contributed by atoms with Gasteiger partial charge in [0.2, 0.25) is 0 Å². The number of carbonyl (C=O) groups excluding carboxylic acids is 1. The summed E-state index contributed by atoms with van der Waals surface area (Å²) in [7, 11) is 0. The molecule has 1 amide bonds. The lowest BCUT2D eigenvalue weighted by Gasteiger charge is -2.13. The van der Waals surface area contributed by atoms with E-state index in [9.17, 15) is 4.79 Å². The van der Waals surface area contributed by atoms with Crippen molar-refractivity contribution in [3.8, 4) is 22.8 Å². The molecule has 6 nitrogen and oxygen atoms in total. The average molecular weight is 326 g/mol. The van der Waals surface area contributed by atoms with Gasteiger partial charge in [0.15, 0.2) is 5.82 Å². The van der Waals surface area contributed by atoms with Gasteiger partial charge in [-0.05, 0) is 24.3 Å². The van der Waals surface area contributed by atoms with Gasteiger partial charge in [0, 0.05) is 18.3 Å². The minimum atomic E-state index is -0.115. The SMILES string of the molecule is O=C1NCCn2nc(-c3ccnc(-c4ccccc4Cl)n3)cc21. The van der Waals surface area contributed by atoms with Crippen LogP contribution in [0.25, 0.3) is 22.8 Å². The van der Waals surface area contributed by atoms with Crippen molar-refractivity contribution in [3.63, 3.8) is 0 Å². The first kappa shape index (κ1) is 13.9. The number of amides is 1. The van der Waals surface area contributed by atoms with Crippen LogP contribution in [0.2, 0.25) is 5.02 Å². The number of fused-ring (bicyclic) bond motifs is 1. The normalized spacial score (nSPS) is 13.5. The summed E-state index contributed by atoms with van der Waals surface area (Å²) in [5, 5.41) is 7.85. The average Bonchev–Trinajstić information content (AvgIpc) is 3.01. The molecule has 7 heteroatoms. The van der Waals surface area contributed by atoms with Crippen molar-refractivity contribution < 1.29 is 4.79 Å². The summed E-state index contributed by atoms with van der Waals surface area (Å²) in [6.45, 7) is 1.24. The van der Waals surface area contributed by atoms with Crippen LogP contribution in [0.4, 0.5) is 0 Å². The molecule has 1 aliphatic rings. The summed E-state index contributed by atoms with van der Waals surface area (Å²) in [5.41, 5.74) is 2.61. The number of rotatable bonds is 2. The zero-order valence-corrected chi connectivity index (χ0v) is 12.8. The van der Waals surface area contributed by atoms with Crippen LogP contribution in [0.1, 0.15) is 10.5 Å². The molecule has 114 valence electrons. The number of nitrogens with zero attached hydrogens (tertiary/aromatic N) is 4. The van der Waals surface area contributed by atoms with E-state index in [2.05, 4.69) is 20.4 Å². The topological polar surface area (TPSA) is 72.7 Å². The lowest BCUT2D eigenvalue weighted by atomic mass is 10.2. The van der Waals surface area contributed by atoms with Gasteiger partial charge >= 0.3 is 0 Å². The number of benzene rings is 1. The van der Waals surface area contributed by atoms with E-state index in [-0.39, 0.29) is 5.91 Å². The van der Waals surface area contributed by atoms with Crippen LogP contribution in [0, 0.1) is 0 Å². The van der Waals surface area contributed by atoms with E-state index in [1.807, 2.05) is 18.2 Å². The highest BCUT2D eigenvalue weighted by atomic mass is 35.5. The number of aromatic nitrogens is 4. The molecule has 0 unspecified atom stereocenters. The first-order chi connectivity index (χ1) is 11.2. The van der Waals surface area contributed by atoms with Crippen molar-refractivity contribution in [2.45, 2.75) is 6.54 Å². The van der Waals surface area contributed by atoms with Crippen LogP contribution >= 0.6 is 11.6 Å². The van der Waals surface area contributed by atoms with Gasteiger partial charge in [-0.25, -0.2) is 9.97 Å². The van der Waals surface area contributed by atoms with E-state index in [0.29, 0.717) is 41.0 Å². The number of hydrogen-bond donors (Lipinski definition) is 1. The highest BCUT2D eigenvalue weighted by Gasteiger charge is 2.20. The Labute approximate surface area is 137 Å². The van der Waals surface area contributed by atoms with E-state index >= 15 is 0 Å². The molecule has 23 heavy (non-hydrogen) atoms. The van der Waals surface area contributed by atoms with Gasteiger partial charge in [0.1, 0.15) is 11.4 Å². The summed E-state index contributed by atoms with van der Waals surface area (Å²) in [4.78, 5) is 20.7. The molecule has 1 aliphatic heterocycles. The van der Waals surface area contributed by atoms with Crippen LogP contribution in [0.3, 0.4) is 0 Å². The second-order valence-electron chi connectivity index (χ2n) is 5.14. The van der Waals surface area contributed by atoms with E-state index in [1.165, 1.54) is 0 Å². The molecule has 0 bridgehead atoms. The zero-order valence-electron chi connectivity index (χ0n) is 12.0. The van der Waals surface area contributed by atoms with Gasteiger partial charge in [-0.15, -0.1) is 0 Å². The Morgan fingerprint density at radius 2 is 2.04 bits per heavy atom. The molecule has 3 heterocycles. The Hall–Kier alpha value is -2.73. The number of carbonyl (C=O) groups is 1. The molecule has 0 spiro atoms. The smallest absolute Gasteiger partial charge is 0.269 e. The first-order valence-electron chi connectivity index (χ1n) is 7.17. The molecule has 0 atom stereocenters. The van der Waals surface area contributed by atoms with Gasteiger partial charge in [-0.1, -0.05) is 23.7 Å². The van der Waals surface area contributed by atoms with Crippen LogP contribution in [-0.4, -0.2) is 32.2 Å². The quantitative estimate of drug-likeness (QED) is 0.785. The number of nitrogens with one attached hydrogen (secondary N) is 1. The molecule has 0 radical (unpaired) electrons. The summed E-state index contributed by atoms with van der Waals surface area (Å²) in [6, 6.07) is 10.9. The van der Waals surface area contributed by atoms with Crippen LogP contribution in [0.15, 0.2) is 42.6 Å². The Morgan fingerprint density at radius 3 is 2.87 bits per heavy atom. The van der Waals surface area contributed by atoms with Gasteiger partial charge in [0.05, 0.1) is 17.3 Å². The molecule has 1 N–H and O–H groups in total. The van der Waals surface area contributed by atoms with Crippen molar-refractivity contribution in [1.82, 2.24) is 25.1 Å². The second-order valence-corrected chi connectivity index (χ2v) is 5.55. The van der Waals surface area contributed by atoms with Crippen molar-refractivity contribution in [3.05, 3.63) is 53.3 Å². The first-order valence-corrected chi connectivity index (χ1v) is 7.54. The number of hydrogen-bond acceptors (Lipinski definition) is 4. The molecule has 2 aromatic heterocycles. The maximum Gasteiger partial charge on any atom is 0.269 e. The lowest BCUT2D eigenvalue weighted by molar-refractivity contribution is 0.0924. The monoisotopic (exact) mass is 325 g/mol. The van der Waals surface area contributed by atoms with Crippen molar-refractivity contribution in [2.24, 2.45) is 0 Å². The van der Waals surface area contributed by atoms with Gasteiger partial charge in [-0.3, -0.25) is 9.48 Å². The zero-order chi connectivity index (χ0) is 15.8. The van der Waals surface area contributed by atoms with Gasteiger partial charge in [-0.2, -0.15) is 5.10 Å². The second kappa shape index (κ2) is 5.48. The maximum absolute atomic E-state index is 11.8. The summed E-state index contributed by atoms with van der Waals surface area (Å²) >= 11 is 6.21. The summed E-state index contributed by atoms with van der Waals surface area (Å²) in [5.74, 6) is 0.416. The summed E-state index contributed by atoms with van der Waals surface area (Å²) in [6.07, 6.45) is 1.67. The minimum absolute atomic E-state index is 0.115. The van der Waals surface area contributed by atoms with Gasteiger partial charge in [0.25, 0.3) is 5.91 Å². The van der Waals surface area contributed by atoms with E-state index in [4.69, 9.17) is 11.6 Å². The molecule has 0 saturated heterocycles. The standard InChI is InChI=1S/C16H12ClN5O/c17-11-4-2-1-3-10(11)15-18-6-5-12(20-15)13-9-14-16(23)19-7-8-22(14)21-13/h1-6,9H,7-8H2,(H,19,23). The number of halogens is 1. The highest BCUT2D eigenvalue weighted by Crippen LogP contribution is 2.26. The molecule has 0 aliphatic carbocycles. The third-order valence-corrected chi connectivity index (χ3v) is 3.98. The molecular formula is C16H12ClN5O. The van der Waals surface area contributed by atoms with E-state index in [1.54, 1.807) is 29.1 Å². The van der Waals surface area contributed by atoms with Crippen LogP contribution in [0.5, 0.6) is 0 Å². The Bertz CT molecular complexity index is 905. The highest BCUT2D eigenvalue weighted by molar-refractivity contribution is 6.33. The Morgan fingerprint density at radius 1 is 1.17 bits per heavy atom. The predicted octanol–water partition coefficient (Wildman–Crippen LogP) is 2.40. The molecular weight excluding hydrogens is 314 g/mol. The predicted molar refractivity (Wildman–Crippen MR) is 86.0 cm³/mol. The lowest BCUT2D eigenvalue weighted by Crippen LogP contribution is -2.35.